The monoisotopic (exact) mass is 298 g/mol. The van der Waals surface area contributed by atoms with E-state index >= 15 is 0 Å². The Hall–Kier alpha value is -1.63. The van der Waals surface area contributed by atoms with Crippen LogP contribution in [0.3, 0.4) is 0 Å². The Morgan fingerprint density at radius 1 is 1.55 bits per heavy atom. The van der Waals surface area contributed by atoms with Crippen molar-refractivity contribution < 1.29 is 5.11 Å². The van der Waals surface area contributed by atoms with Crippen LogP contribution in [0, 0.1) is 11.8 Å². The number of aliphatic hydroxyl groups is 1. The van der Waals surface area contributed by atoms with E-state index in [-0.39, 0.29) is 0 Å². The van der Waals surface area contributed by atoms with E-state index in [9.17, 15) is 5.11 Å². The molecule has 0 spiro atoms. The minimum absolute atomic E-state index is 0.398. The van der Waals surface area contributed by atoms with E-state index in [2.05, 4.69) is 34.4 Å². The molecule has 3 nitrogen and oxygen atoms in total. The van der Waals surface area contributed by atoms with E-state index < -0.39 is 5.60 Å². The molecule has 1 saturated heterocycles. The van der Waals surface area contributed by atoms with Crippen LogP contribution in [0.4, 0.5) is 0 Å². The molecule has 2 atom stereocenters. The van der Waals surface area contributed by atoms with Crippen LogP contribution >= 0.6 is 0 Å². The van der Waals surface area contributed by atoms with Crippen molar-refractivity contribution in [2.24, 2.45) is 0 Å². The largest absolute Gasteiger partial charge is 0.378 e. The van der Waals surface area contributed by atoms with E-state index in [0.29, 0.717) is 19.0 Å². The number of piperidine rings is 1. The van der Waals surface area contributed by atoms with Gasteiger partial charge in [-0.2, -0.15) is 0 Å². The normalized spacial score (nSPS) is 21.5. The van der Waals surface area contributed by atoms with E-state index in [4.69, 9.17) is 0 Å². The van der Waals surface area contributed by atoms with E-state index in [1.54, 1.807) is 6.92 Å². The summed E-state index contributed by atoms with van der Waals surface area (Å²) in [5.41, 5.74) is 0.343. The van der Waals surface area contributed by atoms with Crippen LogP contribution in [-0.4, -0.2) is 33.7 Å². The number of hydrogen-bond donors (Lipinski definition) is 1. The summed E-state index contributed by atoms with van der Waals surface area (Å²) >= 11 is 0. The van der Waals surface area contributed by atoms with Gasteiger partial charge in [0.05, 0.1) is 6.54 Å². The fourth-order valence-electron chi connectivity index (χ4n) is 2.91. The van der Waals surface area contributed by atoms with Crippen LogP contribution in [0.2, 0.25) is 0 Å². The molecule has 0 unspecified atom stereocenters. The lowest BCUT2D eigenvalue weighted by molar-refractivity contribution is 0.113. The molecular formula is C19H26N2O. The maximum atomic E-state index is 10.2. The van der Waals surface area contributed by atoms with Crippen LogP contribution in [0.25, 0.3) is 0 Å². The third kappa shape index (κ3) is 4.98. The topological polar surface area (TPSA) is 36.4 Å². The van der Waals surface area contributed by atoms with Crippen molar-refractivity contribution in [3.63, 3.8) is 0 Å². The average Bonchev–Trinajstić information content (AvgIpc) is 2.54. The Morgan fingerprint density at radius 3 is 3.14 bits per heavy atom. The van der Waals surface area contributed by atoms with Gasteiger partial charge in [0.15, 0.2) is 0 Å². The minimum atomic E-state index is -0.923. The summed E-state index contributed by atoms with van der Waals surface area (Å²) in [7, 11) is 0. The van der Waals surface area contributed by atoms with Crippen LogP contribution < -0.4 is 0 Å². The third-order valence-corrected chi connectivity index (χ3v) is 4.16. The average molecular weight is 298 g/mol. The third-order valence-electron chi connectivity index (χ3n) is 4.16. The maximum Gasteiger partial charge on any atom is 0.123 e. The molecule has 2 rings (SSSR count). The summed E-state index contributed by atoms with van der Waals surface area (Å²) in [5, 5.41) is 10.2. The fourth-order valence-corrected chi connectivity index (χ4v) is 2.91. The molecule has 0 amide bonds. The predicted octanol–water partition coefficient (Wildman–Crippen LogP) is 3.33. The first-order chi connectivity index (χ1) is 10.6. The molecule has 3 heteroatoms. The Morgan fingerprint density at radius 2 is 2.41 bits per heavy atom. The molecule has 0 bridgehead atoms. The maximum absolute atomic E-state index is 10.2. The van der Waals surface area contributed by atoms with Gasteiger partial charge in [-0.1, -0.05) is 30.4 Å². The summed E-state index contributed by atoms with van der Waals surface area (Å²) < 4.78 is 0. The van der Waals surface area contributed by atoms with Crippen molar-refractivity contribution in [3.05, 3.63) is 42.7 Å². The van der Waals surface area contributed by atoms with Gasteiger partial charge in [-0.3, -0.25) is 9.88 Å². The molecule has 1 aromatic heterocycles. The zero-order valence-electron chi connectivity index (χ0n) is 13.5. The highest BCUT2D eigenvalue weighted by Gasteiger charge is 2.23. The Kier molecular flexibility index (Phi) is 6.18. The molecular weight excluding hydrogens is 272 g/mol. The van der Waals surface area contributed by atoms with Gasteiger partial charge in [0, 0.05) is 18.4 Å². The molecule has 2 heterocycles. The van der Waals surface area contributed by atoms with E-state index in [1.165, 1.54) is 18.4 Å². The number of allylic oxidation sites excluding steroid dienone is 1. The van der Waals surface area contributed by atoms with Gasteiger partial charge < -0.3 is 5.11 Å². The van der Waals surface area contributed by atoms with Gasteiger partial charge in [0.1, 0.15) is 5.60 Å². The van der Waals surface area contributed by atoms with Gasteiger partial charge in [0.2, 0.25) is 0 Å². The number of pyridine rings is 1. The van der Waals surface area contributed by atoms with Crippen LogP contribution in [0.5, 0.6) is 0 Å². The molecule has 0 radical (unpaired) electrons. The lowest BCUT2D eigenvalue weighted by Gasteiger charge is -2.34. The number of likely N-dealkylation sites (tertiary alicyclic amines) is 1. The molecule has 1 aromatic rings. The second-order valence-corrected chi connectivity index (χ2v) is 6.17. The Balaban J connectivity index is 1.99. The van der Waals surface area contributed by atoms with Crippen LogP contribution in [0.15, 0.2) is 37.2 Å². The highest BCUT2D eigenvalue weighted by molar-refractivity contribution is 5.17. The summed E-state index contributed by atoms with van der Waals surface area (Å²) in [5.74, 6) is 6.19. The summed E-state index contributed by atoms with van der Waals surface area (Å²) in [4.78, 5) is 6.64. The van der Waals surface area contributed by atoms with Crippen LogP contribution in [-0.2, 0) is 0 Å². The highest BCUT2D eigenvalue weighted by atomic mass is 16.3. The molecule has 22 heavy (non-hydrogen) atoms. The van der Waals surface area contributed by atoms with Crippen molar-refractivity contribution in [1.29, 1.82) is 0 Å². The quantitative estimate of drug-likeness (QED) is 0.669. The zero-order valence-corrected chi connectivity index (χ0v) is 13.5. The van der Waals surface area contributed by atoms with Crippen molar-refractivity contribution in [3.8, 4) is 11.8 Å². The van der Waals surface area contributed by atoms with Crippen molar-refractivity contribution in [1.82, 2.24) is 9.88 Å². The molecule has 1 fully saturated rings. The van der Waals surface area contributed by atoms with Crippen molar-refractivity contribution in [2.75, 3.05) is 13.1 Å². The van der Waals surface area contributed by atoms with Crippen LogP contribution in [0.1, 0.15) is 50.6 Å². The first kappa shape index (κ1) is 16.7. The Bertz CT molecular complexity index is 527. The first-order valence-electron chi connectivity index (χ1n) is 8.10. The number of rotatable bonds is 5. The van der Waals surface area contributed by atoms with Crippen molar-refractivity contribution in [2.45, 2.75) is 50.7 Å². The van der Waals surface area contributed by atoms with Gasteiger partial charge in [0.25, 0.3) is 0 Å². The molecule has 1 aliphatic heterocycles. The summed E-state index contributed by atoms with van der Waals surface area (Å²) in [6.07, 6.45) is 10.6. The second kappa shape index (κ2) is 8.12. The molecule has 118 valence electrons. The summed E-state index contributed by atoms with van der Waals surface area (Å²) in [6, 6.07) is 4.53. The fraction of sp³-hybridized carbons (Fsp3) is 0.526. The van der Waals surface area contributed by atoms with Gasteiger partial charge in [-0.25, -0.2) is 0 Å². The van der Waals surface area contributed by atoms with E-state index in [1.807, 2.05) is 24.5 Å². The smallest absolute Gasteiger partial charge is 0.123 e. The Labute approximate surface area is 134 Å². The second-order valence-electron chi connectivity index (χ2n) is 6.17. The number of nitrogens with zero attached hydrogens (tertiary/aromatic N) is 2. The predicted molar refractivity (Wildman–Crippen MR) is 90.2 cm³/mol. The molecule has 1 N–H and O–H groups in total. The number of hydrogen-bond acceptors (Lipinski definition) is 3. The highest BCUT2D eigenvalue weighted by Crippen LogP contribution is 2.29. The van der Waals surface area contributed by atoms with Crippen molar-refractivity contribution >= 4 is 0 Å². The molecule has 1 aliphatic rings. The zero-order chi connectivity index (χ0) is 15.8. The molecule has 0 aromatic carbocycles. The van der Waals surface area contributed by atoms with Gasteiger partial charge >= 0.3 is 0 Å². The first-order valence-corrected chi connectivity index (χ1v) is 8.10. The molecule has 0 saturated carbocycles. The SMILES string of the molecule is C=CCC[C@](C)(O)C#CCN1CCCC[C@H]1c1cccnc1. The molecule has 0 aliphatic carbocycles. The summed E-state index contributed by atoms with van der Waals surface area (Å²) in [6.45, 7) is 7.22. The van der Waals surface area contributed by atoms with E-state index in [0.717, 1.165) is 19.4 Å². The standard InChI is InChI=1S/C19H26N2O/c1-3-4-11-19(2,22)12-8-15-21-14-6-5-10-18(21)17-9-7-13-20-16-17/h3,7,9,13,16,18,22H,1,4-6,10-11,14-15H2,2H3/t18-,19-/m0/s1. The van der Waals surface area contributed by atoms with Gasteiger partial charge in [-0.05, 0) is 50.8 Å². The lowest BCUT2D eigenvalue weighted by atomic mass is 9.96. The number of aromatic nitrogens is 1. The minimum Gasteiger partial charge on any atom is -0.378 e. The lowest BCUT2D eigenvalue weighted by Crippen LogP contribution is -2.34. The van der Waals surface area contributed by atoms with Gasteiger partial charge in [-0.15, -0.1) is 6.58 Å².